The van der Waals surface area contributed by atoms with Crippen molar-refractivity contribution in [2.45, 2.75) is 32.4 Å². The molecule has 0 rings (SSSR count). The van der Waals surface area contributed by atoms with Crippen LogP contribution in [0.15, 0.2) is 0 Å². The third kappa shape index (κ3) is 6.65. The summed E-state index contributed by atoms with van der Waals surface area (Å²) in [4.78, 5) is 0. The van der Waals surface area contributed by atoms with E-state index in [4.69, 9.17) is 22.8 Å². The highest BCUT2D eigenvalue weighted by Crippen LogP contribution is 2.16. The molecule has 0 aromatic rings. The van der Waals surface area contributed by atoms with Gasteiger partial charge in [0.15, 0.2) is 0 Å². The fourth-order valence-corrected chi connectivity index (χ4v) is 7.76. The van der Waals surface area contributed by atoms with E-state index >= 15 is 0 Å². The highest BCUT2D eigenvalue weighted by Gasteiger charge is 2.40. The van der Waals surface area contributed by atoms with Crippen LogP contribution < -0.4 is 0 Å². The first kappa shape index (κ1) is 17.2. The molecule has 0 saturated heterocycles. The Hall–Kier alpha value is 0.234. The van der Waals surface area contributed by atoms with Gasteiger partial charge in [-0.1, -0.05) is 0 Å². The topological polar surface area (TPSA) is 46.2 Å². The molecule has 5 nitrogen and oxygen atoms in total. The van der Waals surface area contributed by atoms with Crippen LogP contribution in [0.1, 0.15) is 20.8 Å². The van der Waals surface area contributed by atoms with E-state index in [-0.39, 0.29) is 5.91 Å². The molecule has 0 unspecified atom stereocenters. The Morgan fingerprint density at radius 3 is 1.59 bits per heavy atom. The largest absolute Gasteiger partial charge is 0.497 e. The highest BCUT2D eigenvalue weighted by molar-refractivity contribution is 6.71. The van der Waals surface area contributed by atoms with E-state index in [1.54, 1.807) is 14.2 Å². The van der Waals surface area contributed by atoms with Gasteiger partial charge in [-0.15, -0.1) is 0 Å². The summed E-state index contributed by atoms with van der Waals surface area (Å²) in [5.74, 6) is -0.0942. The average molecular weight is 282 g/mol. The zero-order valence-corrected chi connectivity index (χ0v) is 14.1. The second kappa shape index (κ2) is 10.2. The Bertz CT molecular complexity index is 161. The second-order valence-electron chi connectivity index (χ2n) is 3.42. The predicted molar refractivity (Wildman–Crippen MR) is 71.8 cm³/mol. The van der Waals surface area contributed by atoms with Crippen LogP contribution in [0.3, 0.4) is 0 Å². The molecule has 0 aliphatic heterocycles. The van der Waals surface area contributed by atoms with Gasteiger partial charge < -0.3 is 22.8 Å². The van der Waals surface area contributed by atoms with Crippen molar-refractivity contribution < 1.29 is 22.8 Å². The first-order valence-electron chi connectivity index (χ1n) is 6.15. The lowest BCUT2D eigenvalue weighted by molar-refractivity contribution is -0.0443. The molecule has 0 bridgehead atoms. The summed E-state index contributed by atoms with van der Waals surface area (Å²) in [6.07, 6.45) is 0. The van der Waals surface area contributed by atoms with E-state index in [0.717, 1.165) is 5.67 Å². The van der Waals surface area contributed by atoms with E-state index in [2.05, 4.69) is 0 Å². The van der Waals surface area contributed by atoms with Crippen LogP contribution >= 0.6 is 0 Å². The number of methoxy groups -OCH3 is 2. The van der Waals surface area contributed by atoms with Gasteiger partial charge in [0.2, 0.25) is 0 Å². The fraction of sp³-hybridized carbons (Fsp3) is 1.00. The minimum Gasteiger partial charge on any atom is -0.374 e. The maximum Gasteiger partial charge on any atom is 0.497 e. The molecule has 0 heterocycles. The lowest BCUT2D eigenvalue weighted by Crippen LogP contribution is -2.48. The third-order valence-corrected chi connectivity index (χ3v) is 9.23. The monoisotopic (exact) mass is 282 g/mol. The summed E-state index contributed by atoms with van der Waals surface area (Å²) in [5.41, 5.74) is 0.842. The van der Waals surface area contributed by atoms with Crippen LogP contribution in [0.2, 0.25) is 5.67 Å². The molecule has 0 N–H and O–H groups in total. The van der Waals surface area contributed by atoms with Crippen molar-refractivity contribution in [3.8, 4) is 0 Å². The van der Waals surface area contributed by atoms with Crippen LogP contribution in [0.4, 0.5) is 0 Å². The van der Waals surface area contributed by atoms with Crippen molar-refractivity contribution >= 4 is 18.3 Å². The van der Waals surface area contributed by atoms with Gasteiger partial charge in [-0.3, -0.25) is 0 Å². The van der Waals surface area contributed by atoms with E-state index in [1.165, 1.54) is 0 Å². The normalized spacial score (nSPS) is 13.1. The SMILES string of the molecule is CCO[Si](C[SiH2]C(OC)OC)(OCC)OCC. The lowest BCUT2D eigenvalue weighted by Gasteiger charge is -2.29. The molecular formula is C10H26O5Si2. The zero-order valence-electron chi connectivity index (χ0n) is 11.7. The minimum atomic E-state index is -2.49. The molecule has 0 saturated carbocycles. The standard InChI is InChI=1S/C10H26O5Si2/c1-6-13-17(14-7-2,15-8-3)9-16-10(11-4)12-5/h10H,6-9,16H2,1-5H3. The Morgan fingerprint density at radius 1 is 0.882 bits per heavy atom. The van der Waals surface area contributed by atoms with Crippen LogP contribution in [0.25, 0.3) is 0 Å². The molecule has 0 atom stereocenters. The fourth-order valence-electron chi connectivity index (χ4n) is 1.63. The van der Waals surface area contributed by atoms with Crippen molar-refractivity contribution in [3.05, 3.63) is 0 Å². The average Bonchev–Trinajstić information content (AvgIpc) is 2.31. The van der Waals surface area contributed by atoms with Gasteiger partial charge in [-0.2, -0.15) is 0 Å². The maximum atomic E-state index is 5.77. The summed E-state index contributed by atoms with van der Waals surface area (Å²) in [7, 11) is 0.232. The molecule has 0 spiro atoms. The highest BCUT2D eigenvalue weighted by atomic mass is 28.4. The Kier molecular flexibility index (Phi) is 10.3. The van der Waals surface area contributed by atoms with E-state index in [0.29, 0.717) is 19.8 Å². The number of ether oxygens (including phenoxy) is 2. The van der Waals surface area contributed by atoms with Crippen LogP contribution in [0, 0.1) is 0 Å². The molecule has 0 radical (unpaired) electrons. The predicted octanol–water partition coefficient (Wildman–Crippen LogP) is 0.737. The quantitative estimate of drug-likeness (QED) is 0.413. The van der Waals surface area contributed by atoms with Gasteiger partial charge in [-0.25, -0.2) is 0 Å². The van der Waals surface area contributed by atoms with Gasteiger partial charge in [0.05, 0.1) is 9.52 Å². The Morgan fingerprint density at radius 2 is 1.29 bits per heavy atom. The first-order valence-corrected chi connectivity index (χ1v) is 9.90. The molecule has 0 amide bonds. The van der Waals surface area contributed by atoms with Crippen molar-refractivity contribution in [1.29, 1.82) is 0 Å². The van der Waals surface area contributed by atoms with Gasteiger partial charge >= 0.3 is 8.80 Å². The van der Waals surface area contributed by atoms with Crippen molar-refractivity contribution in [3.63, 3.8) is 0 Å². The summed E-state index contributed by atoms with van der Waals surface area (Å²) in [6.45, 7) is 7.74. The molecule has 0 aliphatic rings. The molecular weight excluding hydrogens is 256 g/mol. The van der Waals surface area contributed by atoms with Crippen molar-refractivity contribution in [1.82, 2.24) is 0 Å². The van der Waals surface area contributed by atoms with Gasteiger partial charge in [0, 0.05) is 39.7 Å². The number of rotatable bonds is 11. The van der Waals surface area contributed by atoms with Crippen LogP contribution in [0.5, 0.6) is 0 Å². The van der Waals surface area contributed by atoms with Crippen molar-refractivity contribution in [2.24, 2.45) is 0 Å². The third-order valence-electron chi connectivity index (χ3n) is 2.30. The second-order valence-corrected chi connectivity index (χ2v) is 8.90. The summed E-state index contributed by atoms with van der Waals surface area (Å²) in [5, 5.41) is 0. The summed E-state index contributed by atoms with van der Waals surface area (Å²) < 4.78 is 27.8. The van der Waals surface area contributed by atoms with E-state index < -0.39 is 18.3 Å². The Labute approximate surface area is 108 Å². The molecule has 17 heavy (non-hydrogen) atoms. The van der Waals surface area contributed by atoms with E-state index in [9.17, 15) is 0 Å². The first-order chi connectivity index (χ1) is 8.17. The molecule has 0 aromatic carbocycles. The van der Waals surface area contributed by atoms with Crippen molar-refractivity contribution in [2.75, 3.05) is 34.0 Å². The molecule has 0 aromatic heterocycles. The number of hydrogen-bond acceptors (Lipinski definition) is 5. The van der Waals surface area contributed by atoms with E-state index in [1.807, 2.05) is 20.8 Å². The van der Waals surface area contributed by atoms with Gasteiger partial charge in [0.1, 0.15) is 5.91 Å². The minimum absolute atomic E-state index is 0.0942. The van der Waals surface area contributed by atoms with Gasteiger partial charge in [-0.05, 0) is 20.8 Å². The molecule has 0 aliphatic carbocycles. The zero-order chi connectivity index (χ0) is 13.1. The molecule has 104 valence electrons. The van der Waals surface area contributed by atoms with Crippen LogP contribution in [-0.2, 0) is 22.8 Å². The summed E-state index contributed by atoms with van der Waals surface area (Å²) >= 11 is 0. The smallest absolute Gasteiger partial charge is 0.374 e. The maximum absolute atomic E-state index is 5.77. The summed E-state index contributed by atoms with van der Waals surface area (Å²) in [6, 6.07) is 0. The van der Waals surface area contributed by atoms with Crippen LogP contribution in [-0.4, -0.2) is 58.3 Å². The lowest BCUT2D eigenvalue weighted by atomic mass is 10.9. The molecule has 7 heteroatoms. The number of hydrogen-bond donors (Lipinski definition) is 0. The Balaban J connectivity index is 4.41. The van der Waals surface area contributed by atoms with Gasteiger partial charge in [0.25, 0.3) is 0 Å². The molecule has 0 fully saturated rings.